The molecule has 2 aromatic carbocycles. The van der Waals surface area contributed by atoms with Gasteiger partial charge in [-0.05, 0) is 55.9 Å². The molecule has 1 N–H and O–H groups in total. The Bertz CT molecular complexity index is 1200. The number of amides is 2. The number of fused-ring (bicyclic) bond motifs is 3. The van der Waals surface area contributed by atoms with Gasteiger partial charge in [-0.25, -0.2) is 0 Å². The van der Waals surface area contributed by atoms with Gasteiger partial charge in [0.2, 0.25) is 11.8 Å². The lowest BCUT2D eigenvalue weighted by atomic mass is 9.69. The lowest BCUT2D eigenvalue weighted by Gasteiger charge is -2.31. The number of phenols is 1. The van der Waals surface area contributed by atoms with Gasteiger partial charge in [0.05, 0.1) is 30.2 Å². The summed E-state index contributed by atoms with van der Waals surface area (Å²) in [5, 5.41) is 10.2. The number of hydrogen-bond acceptors (Lipinski definition) is 4. The Labute approximate surface area is 213 Å². The van der Waals surface area contributed by atoms with Gasteiger partial charge in [-0.3, -0.25) is 14.5 Å². The van der Waals surface area contributed by atoms with Crippen molar-refractivity contribution in [3.05, 3.63) is 76.9 Å². The number of imide groups is 1. The van der Waals surface area contributed by atoms with Crippen LogP contribution in [0.2, 0.25) is 0 Å². The third-order valence-corrected chi connectivity index (χ3v) is 8.04. The van der Waals surface area contributed by atoms with Gasteiger partial charge in [-0.15, -0.1) is 0 Å². The van der Waals surface area contributed by atoms with Crippen LogP contribution in [0.4, 0.5) is 5.69 Å². The van der Waals surface area contributed by atoms with Gasteiger partial charge in [-0.1, -0.05) is 73.9 Å². The van der Waals surface area contributed by atoms with Crippen molar-refractivity contribution in [1.82, 2.24) is 0 Å². The van der Waals surface area contributed by atoms with Crippen LogP contribution in [0.5, 0.6) is 5.75 Å². The smallest absolute Gasteiger partial charge is 0.238 e. The van der Waals surface area contributed by atoms with Gasteiger partial charge in [-0.2, -0.15) is 0 Å². The Hall–Kier alpha value is -3.18. The average Bonchev–Trinajstić information content (AvgIpc) is 3.42. The largest absolute Gasteiger partial charge is 0.507 e. The Balaban J connectivity index is 1.37. The predicted octanol–water partition coefficient (Wildman–Crippen LogP) is 6.29. The van der Waals surface area contributed by atoms with Gasteiger partial charge in [0.1, 0.15) is 5.75 Å². The number of rotatable bonds is 8. The van der Waals surface area contributed by atoms with Crippen LogP contribution in [0, 0.1) is 17.8 Å². The number of hydrogen-bond donors (Lipinski definition) is 1. The minimum atomic E-state index is -0.333. The molecule has 5 heteroatoms. The fraction of sp³-hybridized carbons (Fsp3) is 0.419. The number of ether oxygens (including phenoxy) is 1. The van der Waals surface area contributed by atoms with E-state index in [0.29, 0.717) is 24.5 Å². The van der Waals surface area contributed by atoms with Crippen LogP contribution in [0.15, 0.2) is 71.3 Å². The zero-order chi connectivity index (χ0) is 25.2. The maximum Gasteiger partial charge on any atom is 0.238 e. The molecular formula is C31H35NO4. The maximum absolute atomic E-state index is 13.6. The van der Waals surface area contributed by atoms with Crippen molar-refractivity contribution in [3.63, 3.8) is 0 Å². The fourth-order valence-electron chi connectivity index (χ4n) is 6.38. The van der Waals surface area contributed by atoms with Crippen molar-refractivity contribution in [2.75, 3.05) is 11.5 Å². The van der Waals surface area contributed by atoms with Crippen LogP contribution in [0.3, 0.4) is 0 Å². The molecule has 2 saturated heterocycles. The number of allylic oxidation sites excluding steroid dienone is 2. The second-order valence-electron chi connectivity index (χ2n) is 10.2. The molecule has 0 radical (unpaired) electrons. The number of para-hydroxylation sites is 2. The summed E-state index contributed by atoms with van der Waals surface area (Å²) in [5.74, 6) is -0.499. The van der Waals surface area contributed by atoms with E-state index < -0.39 is 0 Å². The zero-order valence-corrected chi connectivity index (χ0v) is 21.2. The van der Waals surface area contributed by atoms with Crippen LogP contribution >= 0.6 is 0 Å². The van der Waals surface area contributed by atoms with E-state index in [1.165, 1.54) is 21.6 Å². The van der Waals surface area contributed by atoms with E-state index in [4.69, 9.17) is 4.74 Å². The minimum Gasteiger partial charge on any atom is -0.507 e. The molecule has 2 heterocycles. The minimum absolute atomic E-state index is 0.0226. The highest BCUT2D eigenvalue weighted by molar-refractivity contribution is 6.22. The molecule has 188 valence electrons. The lowest BCUT2D eigenvalue weighted by Crippen LogP contribution is -2.34. The topological polar surface area (TPSA) is 66.8 Å². The summed E-state index contributed by atoms with van der Waals surface area (Å²) in [6.45, 7) is 4.81. The molecule has 2 aromatic rings. The molecule has 1 aliphatic carbocycles. The number of benzene rings is 2. The summed E-state index contributed by atoms with van der Waals surface area (Å²) in [4.78, 5) is 28.4. The Morgan fingerprint density at radius 1 is 1.00 bits per heavy atom. The highest BCUT2D eigenvalue weighted by atomic mass is 16.5. The number of phenolic OH excluding ortho intramolecular Hbond substituents is 1. The summed E-state index contributed by atoms with van der Waals surface area (Å²) < 4.78 is 6.35. The van der Waals surface area contributed by atoms with Gasteiger partial charge in [0, 0.05) is 11.5 Å². The Morgan fingerprint density at radius 2 is 1.75 bits per heavy atom. The van der Waals surface area contributed by atoms with Gasteiger partial charge in [0.15, 0.2) is 0 Å². The molecule has 2 amide bonds. The molecule has 0 spiro atoms. The van der Waals surface area contributed by atoms with Gasteiger partial charge < -0.3 is 9.84 Å². The van der Waals surface area contributed by atoms with E-state index >= 15 is 0 Å². The molecule has 0 bridgehead atoms. The van der Waals surface area contributed by atoms with Gasteiger partial charge >= 0.3 is 0 Å². The van der Waals surface area contributed by atoms with Crippen molar-refractivity contribution in [1.29, 1.82) is 0 Å². The normalized spacial score (nSPS) is 25.9. The molecule has 0 unspecified atom stereocenters. The third kappa shape index (κ3) is 4.41. The van der Waals surface area contributed by atoms with Gasteiger partial charge in [0.25, 0.3) is 0 Å². The first kappa shape index (κ1) is 24.5. The molecule has 0 saturated carbocycles. The molecule has 2 fully saturated rings. The van der Waals surface area contributed by atoms with E-state index in [9.17, 15) is 14.7 Å². The van der Waals surface area contributed by atoms with Crippen LogP contribution in [0.25, 0.3) is 6.08 Å². The molecule has 0 aromatic heterocycles. The van der Waals surface area contributed by atoms with Crippen molar-refractivity contribution in [2.24, 2.45) is 17.8 Å². The fourth-order valence-corrected chi connectivity index (χ4v) is 6.38. The number of aromatic hydroxyl groups is 1. The molecule has 2 aliphatic heterocycles. The summed E-state index contributed by atoms with van der Waals surface area (Å²) in [6, 6.07) is 16.7. The van der Waals surface area contributed by atoms with Crippen LogP contribution in [-0.2, 0) is 14.3 Å². The summed E-state index contributed by atoms with van der Waals surface area (Å²) in [7, 11) is 0. The first-order chi connectivity index (χ1) is 17.5. The number of carbonyl (C=O) groups is 2. The predicted molar refractivity (Wildman–Crippen MR) is 141 cm³/mol. The summed E-state index contributed by atoms with van der Waals surface area (Å²) in [5.41, 5.74) is 5.36. The SMILES string of the molecule is CCC/C(=C\c1ccccc1O)CC[C@H]1OC[C@H]2C1=C(CC)C[C@H]1C(=O)N(c3ccccc3)C(=O)[C@H]12. The Kier molecular flexibility index (Phi) is 7.10. The maximum atomic E-state index is 13.6. The van der Waals surface area contributed by atoms with E-state index in [2.05, 4.69) is 19.9 Å². The van der Waals surface area contributed by atoms with Crippen molar-refractivity contribution >= 4 is 23.6 Å². The molecular weight excluding hydrogens is 450 g/mol. The number of anilines is 1. The van der Waals surface area contributed by atoms with Crippen LogP contribution in [-0.4, -0.2) is 29.6 Å². The monoisotopic (exact) mass is 485 g/mol. The second-order valence-corrected chi connectivity index (χ2v) is 10.2. The highest BCUT2D eigenvalue weighted by Gasteiger charge is 2.57. The molecule has 4 atom stereocenters. The molecule has 3 aliphatic rings. The highest BCUT2D eigenvalue weighted by Crippen LogP contribution is 2.51. The molecule has 5 rings (SSSR count). The first-order valence-electron chi connectivity index (χ1n) is 13.3. The summed E-state index contributed by atoms with van der Waals surface area (Å²) in [6.07, 6.45) is 7.32. The standard InChI is InChI=1S/C31H35NO4/c1-3-10-20(17-22-11-8-9-14-26(22)33)15-16-27-28-21(4-2)18-24-29(25(28)19-36-27)31(35)32(30(24)34)23-12-6-5-7-13-23/h5-9,11-14,17,24-25,27,29,33H,3-4,10,15-16,18-19H2,1-2H3/b20-17+/t24-,25+,27-,29-/m1/s1. The van der Waals surface area contributed by atoms with Crippen molar-refractivity contribution in [3.8, 4) is 5.75 Å². The van der Waals surface area contributed by atoms with E-state index in [1.54, 1.807) is 6.07 Å². The molecule has 36 heavy (non-hydrogen) atoms. The van der Waals surface area contributed by atoms with E-state index in [1.807, 2.05) is 48.5 Å². The summed E-state index contributed by atoms with van der Waals surface area (Å²) >= 11 is 0. The van der Waals surface area contributed by atoms with E-state index in [0.717, 1.165) is 37.7 Å². The van der Waals surface area contributed by atoms with Crippen LogP contribution in [0.1, 0.15) is 57.9 Å². The lowest BCUT2D eigenvalue weighted by molar-refractivity contribution is -0.122. The van der Waals surface area contributed by atoms with Crippen LogP contribution < -0.4 is 4.90 Å². The van der Waals surface area contributed by atoms with Crippen molar-refractivity contribution < 1.29 is 19.4 Å². The van der Waals surface area contributed by atoms with Crippen molar-refractivity contribution in [2.45, 2.75) is 58.5 Å². The average molecular weight is 486 g/mol. The quantitative estimate of drug-likeness (QED) is 0.353. The van der Waals surface area contributed by atoms with E-state index in [-0.39, 0.29) is 35.7 Å². The first-order valence-corrected chi connectivity index (χ1v) is 13.3. The second kappa shape index (κ2) is 10.4. The zero-order valence-electron chi connectivity index (χ0n) is 21.2. The third-order valence-electron chi connectivity index (χ3n) is 8.04. The number of nitrogens with zero attached hydrogens (tertiary/aromatic N) is 1. The Morgan fingerprint density at radius 3 is 2.47 bits per heavy atom. The molecule has 5 nitrogen and oxygen atoms in total. The number of carbonyl (C=O) groups excluding carboxylic acids is 2.